The van der Waals surface area contributed by atoms with Crippen LogP contribution in [0, 0.1) is 12.7 Å². The topological polar surface area (TPSA) is 0 Å². The van der Waals surface area contributed by atoms with Gasteiger partial charge in [0.15, 0.2) is 0 Å². The van der Waals surface area contributed by atoms with Crippen LogP contribution in [0.25, 0.3) is 0 Å². The minimum atomic E-state index is -0.176. The highest BCUT2D eigenvalue weighted by Gasteiger charge is 2.30. The highest BCUT2D eigenvalue weighted by molar-refractivity contribution is 9.09. The highest BCUT2D eigenvalue weighted by atomic mass is 79.9. The van der Waals surface area contributed by atoms with Gasteiger partial charge in [0.1, 0.15) is 5.82 Å². The monoisotopic (exact) mass is 398 g/mol. The van der Waals surface area contributed by atoms with E-state index in [4.69, 9.17) is 0 Å². The first-order valence-corrected chi connectivity index (χ1v) is 8.77. The number of hydrogen-bond donors (Lipinski definition) is 0. The molecule has 0 aromatic heterocycles. The molecule has 3 heteroatoms. The van der Waals surface area contributed by atoms with E-state index in [1.165, 1.54) is 17.2 Å². The third kappa shape index (κ3) is 3.50. The first kappa shape index (κ1) is 15.7. The fourth-order valence-electron chi connectivity index (χ4n) is 2.40. The molecular weight excluding hydrogens is 383 g/mol. The molecule has 0 aliphatic heterocycles. The molecule has 0 saturated carbocycles. The summed E-state index contributed by atoms with van der Waals surface area (Å²) in [5.41, 5.74) is 3.47. The van der Waals surface area contributed by atoms with E-state index in [0.29, 0.717) is 0 Å². The van der Waals surface area contributed by atoms with Crippen molar-refractivity contribution in [1.82, 2.24) is 0 Å². The van der Waals surface area contributed by atoms with Crippen LogP contribution >= 0.6 is 31.9 Å². The van der Waals surface area contributed by atoms with E-state index in [-0.39, 0.29) is 11.2 Å². The minimum absolute atomic E-state index is 0.0696. The number of aryl methyl sites for hydroxylation is 1. The van der Waals surface area contributed by atoms with Gasteiger partial charge >= 0.3 is 0 Å². The Hall–Kier alpha value is -0.670. The van der Waals surface area contributed by atoms with Crippen molar-refractivity contribution in [3.63, 3.8) is 0 Å². The van der Waals surface area contributed by atoms with E-state index in [1.54, 1.807) is 12.1 Å². The van der Waals surface area contributed by atoms with Crippen molar-refractivity contribution < 1.29 is 4.39 Å². The summed E-state index contributed by atoms with van der Waals surface area (Å²) in [6.07, 6.45) is 0.796. The maximum Gasteiger partial charge on any atom is 0.123 e. The van der Waals surface area contributed by atoms with Gasteiger partial charge in [0.2, 0.25) is 0 Å². The molecule has 106 valence electrons. The average molecular weight is 400 g/mol. The third-order valence-corrected chi connectivity index (χ3v) is 5.72. The number of alkyl halides is 2. The predicted molar refractivity (Wildman–Crippen MR) is 90.5 cm³/mol. The van der Waals surface area contributed by atoms with Gasteiger partial charge in [0, 0.05) is 16.1 Å². The van der Waals surface area contributed by atoms with Gasteiger partial charge in [0.25, 0.3) is 0 Å². The first-order valence-electron chi connectivity index (χ1n) is 6.53. The standard InChI is InChI=1S/C17H17Br2F/c1-13-4-2-6-15(8-13)17(11-18,12-19)10-14-5-3-7-16(20)9-14/h2-9H,10-12H2,1H3. The molecule has 0 heterocycles. The Morgan fingerprint density at radius 1 is 1.00 bits per heavy atom. The van der Waals surface area contributed by atoms with Gasteiger partial charge in [-0.1, -0.05) is 73.8 Å². The van der Waals surface area contributed by atoms with Gasteiger partial charge in [-0.3, -0.25) is 0 Å². The Morgan fingerprint density at radius 3 is 2.30 bits per heavy atom. The lowest BCUT2D eigenvalue weighted by Crippen LogP contribution is -2.33. The van der Waals surface area contributed by atoms with Crippen LogP contribution in [0.15, 0.2) is 48.5 Å². The second-order valence-electron chi connectivity index (χ2n) is 5.22. The molecular formula is C17H17Br2F. The minimum Gasteiger partial charge on any atom is -0.207 e. The van der Waals surface area contributed by atoms with E-state index >= 15 is 0 Å². The fourth-order valence-corrected chi connectivity index (χ4v) is 4.37. The zero-order valence-corrected chi connectivity index (χ0v) is 14.5. The molecule has 20 heavy (non-hydrogen) atoms. The number of benzene rings is 2. The van der Waals surface area contributed by atoms with Crippen LogP contribution in [0.3, 0.4) is 0 Å². The maximum absolute atomic E-state index is 13.4. The van der Waals surface area contributed by atoms with Gasteiger partial charge in [-0.05, 0) is 36.6 Å². The van der Waals surface area contributed by atoms with Crippen molar-refractivity contribution >= 4 is 31.9 Å². The van der Waals surface area contributed by atoms with Crippen LogP contribution in [-0.4, -0.2) is 10.7 Å². The van der Waals surface area contributed by atoms with Crippen molar-refractivity contribution in [2.45, 2.75) is 18.8 Å². The Bertz CT molecular complexity index is 577. The molecule has 0 unspecified atom stereocenters. The summed E-state index contributed by atoms with van der Waals surface area (Å²) in [5, 5.41) is 1.65. The van der Waals surface area contributed by atoms with Crippen LogP contribution < -0.4 is 0 Å². The molecule has 0 amide bonds. The molecule has 0 N–H and O–H groups in total. The average Bonchev–Trinajstić information content (AvgIpc) is 2.45. The molecule has 0 saturated heterocycles. The van der Waals surface area contributed by atoms with Crippen molar-refractivity contribution in [2.24, 2.45) is 0 Å². The summed E-state index contributed by atoms with van der Waals surface area (Å²) in [6.45, 7) is 2.10. The van der Waals surface area contributed by atoms with Crippen LogP contribution in [0.4, 0.5) is 4.39 Å². The summed E-state index contributed by atoms with van der Waals surface area (Å²) in [5.74, 6) is -0.176. The smallest absolute Gasteiger partial charge is 0.123 e. The second-order valence-corrected chi connectivity index (χ2v) is 6.35. The van der Waals surface area contributed by atoms with E-state index < -0.39 is 0 Å². The summed E-state index contributed by atoms with van der Waals surface area (Å²) < 4.78 is 13.4. The number of hydrogen-bond acceptors (Lipinski definition) is 0. The molecule has 0 nitrogen and oxygen atoms in total. The lowest BCUT2D eigenvalue weighted by Gasteiger charge is -2.31. The summed E-state index contributed by atoms with van der Waals surface area (Å²) >= 11 is 7.29. The van der Waals surface area contributed by atoms with Gasteiger partial charge in [-0.2, -0.15) is 0 Å². The van der Waals surface area contributed by atoms with Crippen molar-refractivity contribution in [1.29, 1.82) is 0 Å². The Morgan fingerprint density at radius 2 is 1.70 bits per heavy atom. The highest BCUT2D eigenvalue weighted by Crippen LogP contribution is 2.33. The summed E-state index contributed by atoms with van der Waals surface area (Å²) in [7, 11) is 0. The second kappa shape index (κ2) is 6.86. The molecule has 0 spiro atoms. The molecule has 2 rings (SSSR count). The van der Waals surface area contributed by atoms with E-state index in [0.717, 1.165) is 22.6 Å². The zero-order valence-electron chi connectivity index (χ0n) is 11.4. The Kier molecular flexibility index (Phi) is 5.39. The quantitative estimate of drug-likeness (QED) is 0.590. The van der Waals surface area contributed by atoms with Gasteiger partial charge < -0.3 is 0 Å². The lowest BCUT2D eigenvalue weighted by molar-refractivity contribution is 0.546. The summed E-state index contributed by atoms with van der Waals surface area (Å²) in [4.78, 5) is 0. The number of halogens is 3. The maximum atomic E-state index is 13.4. The molecule has 0 radical (unpaired) electrons. The molecule has 0 atom stereocenters. The van der Waals surface area contributed by atoms with Crippen molar-refractivity contribution in [3.8, 4) is 0 Å². The van der Waals surface area contributed by atoms with Crippen LogP contribution in [0.1, 0.15) is 16.7 Å². The van der Waals surface area contributed by atoms with E-state index in [9.17, 15) is 4.39 Å². The third-order valence-electron chi connectivity index (χ3n) is 3.57. The predicted octanol–water partition coefficient (Wildman–Crippen LogP) is 5.40. The molecule has 0 fully saturated rings. The van der Waals surface area contributed by atoms with Crippen LogP contribution in [0.2, 0.25) is 0 Å². The van der Waals surface area contributed by atoms with Crippen molar-refractivity contribution in [3.05, 3.63) is 71.0 Å². The van der Waals surface area contributed by atoms with Gasteiger partial charge in [0.05, 0.1) is 0 Å². The Balaban J connectivity index is 2.39. The lowest BCUT2D eigenvalue weighted by atomic mass is 9.78. The fraction of sp³-hybridized carbons (Fsp3) is 0.294. The molecule has 2 aromatic carbocycles. The van der Waals surface area contributed by atoms with Crippen LogP contribution in [-0.2, 0) is 11.8 Å². The Labute approximate surface area is 136 Å². The number of rotatable bonds is 5. The molecule has 2 aromatic rings. The van der Waals surface area contributed by atoms with Gasteiger partial charge in [-0.25, -0.2) is 4.39 Å². The SMILES string of the molecule is Cc1cccc(C(CBr)(CBr)Cc2cccc(F)c2)c1. The first-order chi connectivity index (χ1) is 9.59. The molecule has 0 aliphatic carbocycles. The normalized spacial score (nSPS) is 11.6. The van der Waals surface area contributed by atoms with E-state index in [1.807, 2.05) is 6.07 Å². The molecule has 0 bridgehead atoms. The largest absolute Gasteiger partial charge is 0.207 e. The zero-order chi connectivity index (χ0) is 14.6. The van der Waals surface area contributed by atoms with Crippen molar-refractivity contribution in [2.75, 3.05) is 10.7 Å². The summed E-state index contributed by atoms with van der Waals surface area (Å²) in [6, 6.07) is 15.4. The van der Waals surface area contributed by atoms with Crippen LogP contribution in [0.5, 0.6) is 0 Å². The van der Waals surface area contributed by atoms with Gasteiger partial charge in [-0.15, -0.1) is 0 Å². The molecule has 0 aliphatic rings. The van der Waals surface area contributed by atoms with E-state index in [2.05, 4.69) is 63.0 Å².